The third kappa shape index (κ3) is 20.9. The smallest absolute Gasteiger partial charge is 0.217 e. The van der Waals surface area contributed by atoms with E-state index in [1.807, 2.05) is 0 Å². The second-order valence-electron chi connectivity index (χ2n) is 7.00. The van der Waals surface area contributed by atoms with E-state index in [4.69, 9.17) is 5.73 Å². The number of hydrogen-bond acceptors (Lipinski definition) is 2. The lowest BCUT2D eigenvalue weighted by Gasteiger charge is -2.04. The molecule has 0 aliphatic rings. The zero-order chi connectivity index (χ0) is 17.9. The van der Waals surface area contributed by atoms with Crippen LogP contribution in [0.5, 0.6) is 0 Å². The molecule has 0 aromatic rings. The molecule has 4 heteroatoms. The van der Waals surface area contributed by atoms with Crippen molar-refractivity contribution >= 4 is 11.8 Å². The highest BCUT2D eigenvalue weighted by molar-refractivity contribution is 5.73. The summed E-state index contributed by atoms with van der Waals surface area (Å²) < 4.78 is 0. The number of unbranched alkanes of at least 4 members (excludes halogenated alkanes) is 14. The lowest BCUT2D eigenvalue weighted by atomic mass is 10.0. The van der Waals surface area contributed by atoms with E-state index in [1.54, 1.807) is 6.92 Å². The van der Waals surface area contributed by atoms with E-state index in [0.717, 1.165) is 25.8 Å². The van der Waals surface area contributed by atoms with Crippen molar-refractivity contribution < 1.29 is 9.59 Å². The number of amides is 2. The van der Waals surface area contributed by atoms with Gasteiger partial charge in [-0.3, -0.25) is 9.59 Å². The minimum Gasteiger partial charge on any atom is -0.370 e. The van der Waals surface area contributed by atoms with E-state index in [1.165, 1.54) is 77.0 Å². The molecule has 0 bridgehead atoms. The Kier molecular flexibility index (Phi) is 17.5. The van der Waals surface area contributed by atoms with Crippen molar-refractivity contribution in [3.63, 3.8) is 0 Å². The van der Waals surface area contributed by atoms with Crippen molar-refractivity contribution in [3.05, 3.63) is 0 Å². The fourth-order valence-corrected chi connectivity index (χ4v) is 2.99. The van der Waals surface area contributed by atoms with Crippen LogP contribution in [0, 0.1) is 0 Å². The third-order valence-electron chi connectivity index (χ3n) is 4.47. The van der Waals surface area contributed by atoms with Gasteiger partial charge >= 0.3 is 0 Å². The van der Waals surface area contributed by atoms with Gasteiger partial charge in [0.05, 0.1) is 0 Å². The summed E-state index contributed by atoms with van der Waals surface area (Å²) in [5, 5.41) is 2.84. The standard InChI is InChI=1S/C20H40N2O2/c1-19(23)22-18-16-14-12-10-8-6-4-2-3-5-7-9-11-13-15-17-20(21)24/h2-18H2,1H3,(H2,21,24)(H,22,23). The summed E-state index contributed by atoms with van der Waals surface area (Å²) in [6.07, 6.45) is 19.8. The Morgan fingerprint density at radius 3 is 1.29 bits per heavy atom. The number of nitrogens with one attached hydrogen (secondary N) is 1. The fourth-order valence-electron chi connectivity index (χ4n) is 2.99. The van der Waals surface area contributed by atoms with E-state index < -0.39 is 0 Å². The van der Waals surface area contributed by atoms with Gasteiger partial charge in [0.15, 0.2) is 0 Å². The monoisotopic (exact) mass is 340 g/mol. The number of hydrogen-bond donors (Lipinski definition) is 2. The van der Waals surface area contributed by atoms with Gasteiger partial charge in [-0.25, -0.2) is 0 Å². The van der Waals surface area contributed by atoms with Crippen molar-refractivity contribution in [1.29, 1.82) is 0 Å². The van der Waals surface area contributed by atoms with E-state index in [2.05, 4.69) is 5.32 Å². The van der Waals surface area contributed by atoms with Crippen LogP contribution in [-0.2, 0) is 9.59 Å². The number of carbonyl (C=O) groups is 2. The van der Waals surface area contributed by atoms with Gasteiger partial charge in [0, 0.05) is 19.9 Å². The van der Waals surface area contributed by atoms with Gasteiger partial charge < -0.3 is 11.1 Å². The normalized spacial score (nSPS) is 10.7. The molecule has 0 fully saturated rings. The maximum atomic E-state index is 10.7. The third-order valence-corrected chi connectivity index (χ3v) is 4.47. The topological polar surface area (TPSA) is 72.2 Å². The van der Waals surface area contributed by atoms with Gasteiger partial charge in [0.25, 0.3) is 0 Å². The zero-order valence-corrected chi connectivity index (χ0v) is 15.9. The van der Waals surface area contributed by atoms with Crippen molar-refractivity contribution in [3.8, 4) is 0 Å². The first-order valence-corrected chi connectivity index (χ1v) is 10.2. The lowest BCUT2D eigenvalue weighted by molar-refractivity contribution is -0.119. The molecule has 0 aliphatic heterocycles. The molecule has 0 aromatic carbocycles. The number of rotatable bonds is 18. The summed E-state index contributed by atoms with van der Waals surface area (Å²) in [6.45, 7) is 2.41. The molecule has 0 heterocycles. The molecule has 0 saturated heterocycles. The minimum atomic E-state index is -0.167. The predicted octanol–water partition coefficient (Wildman–Crippen LogP) is 4.85. The summed E-state index contributed by atoms with van der Waals surface area (Å²) >= 11 is 0. The van der Waals surface area contributed by atoms with Crippen molar-refractivity contribution in [1.82, 2.24) is 5.32 Å². The van der Waals surface area contributed by atoms with Crippen LogP contribution < -0.4 is 11.1 Å². The number of carbonyl (C=O) groups excluding carboxylic acids is 2. The summed E-state index contributed by atoms with van der Waals surface area (Å²) in [5.74, 6) is -0.0851. The van der Waals surface area contributed by atoms with Crippen molar-refractivity contribution in [2.24, 2.45) is 5.73 Å². The Morgan fingerprint density at radius 1 is 0.625 bits per heavy atom. The molecule has 0 aromatic heterocycles. The molecule has 0 rings (SSSR count). The Hall–Kier alpha value is -1.06. The molecular formula is C20H40N2O2. The molecule has 3 N–H and O–H groups in total. The Bertz CT molecular complexity index is 276. The van der Waals surface area contributed by atoms with E-state index in [9.17, 15) is 9.59 Å². The SMILES string of the molecule is CC(=O)NCCCCCCCCCCCCCCCCCC(N)=O. The van der Waals surface area contributed by atoms with Gasteiger partial charge in [0.2, 0.25) is 11.8 Å². The number of primary amides is 1. The van der Waals surface area contributed by atoms with Crippen LogP contribution in [0.25, 0.3) is 0 Å². The molecule has 0 unspecified atom stereocenters. The molecule has 4 nitrogen and oxygen atoms in total. The second kappa shape index (κ2) is 18.3. The molecule has 142 valence electrons. The summed E-state index contributed by atoms with van der Waals surface area (Å²) in [7, 11) is 0. The summed E-state index contributed by atoms with van der Waals surface area (Å²) in [5.41, 5.74) is 5.12. The van der Waals surface area contributed by atoms with Crippen molar-refractivity contribution in [2.45, 2.75) is 110 Å². The number of nitrogens with two attached hydrogens (primary N) is 1. The van der Waals surface area contributed by atoms with Crippen LogP contribution >= 0.6 is 0 Å². The van der Waals surface area contributed by atoms with Gasteiger partial charge in [-0.2, -0.15) is 0 Å². The Labute approximate surface area is 149 Å². The van der Waals surface area contributed by atoms with Gasteiger partial charge in [-0.1, -0.05) is 83.5 Å². The Morgan fingerprint density at radius 2 is 0.958 bits per heavy atom. The molecule has 0 spiro atoms. The van der Waals surface area contributed by atoms with E-state index >= 15 is 0 Å². The van der Waals surface area contributed by atoms with E-state index in [-0.39, 0.29) is 11.8 Å². The first-order valence-electron chi connectivity index (χ1n) is 10.2. The molecule has 0 aliphatic carbocycles. The first-order chi connectivity index (χ1) is 11.6. The van der Waals surface area contributed by atoms with Gasteiger partial charge in [-0.15, -0.1) is 0 Å². The summed E-state index contributed by atoms with van der Waals surface area (Å²) in [4.78, 5) is 21.3. The van der Waals surface area contributed by atoms with Crippen LogP contribution in [0.4, 0.5) is 0 Å². The maximum Gasteiger partial charge on any atom is 0.217 e. The Balaban J connectivity index is 3.00. The molecule has 0 atom stereocenters. The average Bonchev–Trinajstić information content (AvgIpc) is 2.53. The minimum absolute atomic E-state index is 0.0816. The van der Waals surface area contributed by atoms with Gasteiger partial charge in [-0.05, 0) is 12.8 Å². The average molecular weight is 341 g/mol. The molecule has 2 amide bonds. The first kappa shape index (κ1) is 22.9. The van der Waals surface area contributed by atoms with Crippen LogP contribution in [-0.4, -0.2) is 18.4 Å². The predicted molar refractivity (Wildman–Crippen MR) is 102 cm³/mol. The molecule has 0 saturated carbocycles. The quantitative estimate of drug-likeness (QED) is 0.350. The molecule has 0 radical (unpaired) electrons. The largest absolute Gasteiger partial charge is 0.370 e. The van der Waals surface area contributed by atoms with Crippen LogP contribution in [0.15, 0.2) is 0 Å². The second-order valence-corrected chi connectivity index (χ2v) is 7.00. The van der Waals surface area contributed by atoms with Crippen molar-refractivity contribution in [2.75, 3.05) is 6.54 Å². The molecular weight excluding hydrogens is 300 g/mol. The maximum absolute atomic E-state index is 10.7. The van der Waals surface area contributed by atoms with Crippen LogP contribution in [0.3, 0.4) is 0 Å². The van der Waals surface area contributed by atoms with Crippen LogP contribution in [0.2, 0.25) is 0 Å². The zero-order valence-electron chi connectivity index (χ0n) is 15.9. The fraction of sp³-hybridized carbons (Fsp3) is 0.900. The van der Waals surface area contributed by atoms with Gasteiger partial charge in [0.1, 0.15) is 0 Å². The lowest BCUT2D eigenvalue weighted by Crippen LogP contribution is -2.20. The molecule has 24 heavy (non-hydrogen) atoms. The highest BCUT2D eigenvalue weighted by atomic mass is 16.1. The van der Waals surface area contributed by atoms with E-state index in [0.29, 0.717) is 6.42 Å². The van der Waals surface area contributed by atoms with Crippen LogP contribution in [0.1, 0.15) is 110 Å². The summed E-state index contributed by atoms with van der Waals surface area (Å²) in [6, 6.07) is 0. The highest BCUT2D eigenvalue weighted by Gasteiger charge is 1.96. The highest BCUT2D eigenvalue weighted by Crippen LogP contribution is 2.13.